The molecule has 0 bridgehead atoms. The summed E-state index contributed by atoms with van der Waals surface area (Å²) in [6.45, 7) is 5.69. The van der Waals surface area contributed by atoms with Gasteiger partial charge in [-0.25, -0.2) is 0 Å². The van der Waals surface area contributed by atoms with E-state index in [1.165, 1.54) is 12.1 Å². The molecule has 1 aromatic carbocycles. The predicted molar refractivity (Wildman–Crippen MR) is 70.6 cm³/mol. The van der Waals surface area contributed by atoms with E-state index < -0.39 is 4.92 Å². The first kappa shape index (κ1) is 13.5. The van der Waals surface area contributed by atoms with Crippen molar-refractivity contribution < 1.29 is 4.92 Å². The van der Waals surface area contributed by atoms with Gasteiger partial charge in [-0.05, 0) is 25.8 Å². The van der Waals surface area contributed by atoms with Crippen LogP contribution in [0.1, 0.15) is 19.8 Å². The first-order valence-electron chi connectivity index (χ1n) is 5.36. The van der Waals surface area contributed by atoms with Crippen molar-refractivity contribution in [2.24, 2.45) is 0 Å². The fourth-order valence-electron chi connectivity index (χ4n) is 1.44. The van der Waals surface area contributed by atoms with Crippen molar-refractivity contribution in [1.82, 2.24) is 0 Å². The number of nitrogens with zero attached hydrogens (tertiary/aromatic N) is 1. The standard InChI is InChI=1S/C12H15ClN2O2/c1-3-4-5-9(2)14-12-7-6-10(15(16)17)8-11(12)13/h3,6-9,14H,1,4-5H2,2H3. The lowest BCUT2D eigenvalue weighted by Gasteiger charge is -2.15. The van der Waals surface area contributed by atoms with E-state index in [9.17, 15) is 10.1 Å². The SMILES string of the molecule is C=CCCC(C)Nc1ccc([N+](=O)[O-])cc1Cl. The number of benzene rings is 1. The van der Waals surface area contributed by atoms with Crippen molar-refractivity contribution in [3.05, 3.63) is 46.0 Å². The Morgan fingerprint density at radius 2 is 2.35 bits per heavy atom. The van der Waals surface area contributed by atoms with Gasteiger partial charge in [-0.15, -0.1) is 6.58 Å². The van der Waals surface area contributed by atoms with Gasteiger partial charge in [0, 0.05) is 18.2 Å². The van der Waals surface area contributed by atoms with E-state index in [1.54, 1.807) is 6.07 Å². The first-order chi connectivity index (χ1) is 8.04. The average molecular weight is 255 g/mol. The fraction of sp³-hybridized carbons (Fsp3) is 0.333. The zero-order valence-electron chi connectivity index (χ0n) is 9.65. The van der Waals surface area contributed by atoms with E-state index in [2.05, 4.69) is 11.9 Å². The third-order valence-electron chi connectivity index (χ3n) is 2.37. The molecule has 92 valence electrons. The van der Waals surface area contributed by atoms with Crippen molar-refractivity contribution in [3.63, 3.8) is 0 Å². The smallest absolute Gasteiger partial charge is 0.271 e. The van der Waals surface area contributed by atoms with E-state index in [0.29, 0.717) is 10.7 Å². The van der Waals surface area contributed by atoms with E-state index in [4.69, 9.17) is 11.6 Å². The van der Waals surface area contributed by atoms with Crippen LogP contribution in [-0.4, -0.2) is 11.0 Å². The van der Waals surface area contributed by atoms with Gasteiger partial charge in [-0.3, -0.25) is 10.1 Å². The summed E-state index contributed by atoms with van der Waals surface area (Å²) in [6, 6.07) is 4.66. The van der Waals surface area contributed by atoms with Gasteiger partial charge in [0.05, 0.1) is 15.6 Å². The Balaban J connectivity index is 2.72. The van der Waals surface area contributed by atoms with Crippen LogP contribution in [0.25, 0.3) is 0 Å². The van der Waals surface area contributed by atoms with Gasteiger partial charge in [-0.2, -0.15) is 0 Å². The summed E-state index contributed by atoms with van der Waals surface area (Å²) in [5.41, 5.74) is 0.716. The lowest BCUT2D eigenvalue weighted by molar-refractivity contribution is -0.384. The summed E-state index contributed by atoms with van der Waals surface area (Å²) in [6.07, 6.45) is 3.71. The second-order valence-electron chi connectivity index (χ2n) is 3.83. The van der Waals surface area contributed by atoms with Crippen LogP contribution >= 0.6 is 11.6 Å². The van der Waals surface area contributed by atoms with Gasteiger partial charge in [-0.1, -0.05) is 17.7 Å². The summed E-state index contributed by atoms with van der Waals surface area (Å²) in [5, 5.41) is 14.1. The van der Waals surface area contributed by atoms with Crippen LogP contribution in [0.2, 0.25) is 5.02 Å². The number of non-ortho nitro benzene ring substituents is 1. The minimum atomic E-state index is -0.462. The van der Waals surface area contributed by atoms with Gasteiger partial charge in [0.15, 0.2) is 0 Å². The number of anilines is 1. The molecule has 0 saturated heterocycles. The number of nitro groups is 1. The quantitative estimate of drug-likeness (QED) is 0.474. The fourth-order valence-corrected chi connectivity index (χ4v) is 1.67. The molecule has 1 aromatic rings. The minimum absolute atomic E-state index is 0.000653. The molecule has 5 heteroatoms. The molecule has 0 aliphatic carbocycles. The Morgan fingerprint density at radius 1 is 1.65 bits per heavy atom. The van der Waals surface area contributed by atoms with Gasteiger partial charge in [0.1, 0.15) is 0 Å². The van der Waals surface area contributed by atoms with Gasteiger partial charge in [0.25, 0.3) is 5.69 Å². The Hall–Kier alpha value is -1.55. The normalized spacial score (nSPS) is 11.9. The van der Waals surface area contributed by atoms with Crippen LogP contribution in [0.5, 0.6) is 0 Å². The monoisotopic (exact) mass is 254 g/mol. The van der Waals surface area contributed by atoms with Crippen LogP contribution in [0.3, 0.4) is 0 Å². The predicted octanol–water partition coefficient (Wildman–Crippen LogP) is 4.01. The van der Waals surface area contributed by atoms with Crippen LogP contribution in [0.15, 0.2) is 30.9 Å². The number of hydrogen-bond acceptors (Lipinski definition) is 3. The summed E-state index contributed by atoms with van der Waals surface area (Å²) < 4.78 is 0. The van der Waals surface area contributed by atoms with Crippen molar-refractivity contribution >= 4 is 23.0 Å². The van der Waals surface area contributed by atoms with Gasteiger partial charge >= 0.3 is 0 Å². The summed E-state index contributed by atoms with van der Waals surface area (Å²) in [4.78, 5) is 10.1. The molecule has 0 aromatic heterocycles. The molecule has 0 fully saturated rings. The highest BCUT2D eigenvalue weighted by Gasteiger charge is 2.10. The highest BCUT2D eigenvalue weighted by Crippen LogP contribution is 2.27. The minimum Gasteiger partial charge on any atom is -0.381 e. The molecule has 0 heterocycles. The maximum absolute atomic E-state index is 10.5. The van der Waals surface area contributed by atoms with Gasteiger partial charge < -0.3 is 5.32 Å². The second-order valence-corrected chi connectivity index (χ2v) is 4.24. The van der Waals surface area contributed by atoms with Crippen molar-refractivity contribution in [1.29, 1.82) is 0 Å². The van der Waals surface area contributed by atoms with Gasteiger partial charge in [0.2, 0.25) is 0 Å². The van der Waals surface area contributed by atoms with Crippen molar-refractivity contribution in [2.75, 3.05) is 5.32 Å². The molecular formula is C12H15ClN2O2. The number of halogens is 1. The maximum atomic E-state index is 10.5. The molecule has 1 unspecified atom stereocenters. The van der Waals surface area contributed by atoms with Crippen molar-refractivity contribution in [2.45, 2.75) is 25.8 Å². The Labute approximate surface area is 105 Å². The second kappa shape index (κ2) is 6.25. The molecule has 0 amide bonds. The zero-order chi connectivity index (χ0) is 12.8. The Kier molecular flexibility index (Phi) is 4.97. The van der Waals surface area contributed by atoms with E-state index in [-0.39, 0.29) is 11.7 Å². The molecule has 17 heavy (non-hydrogen) atoms. The Morgan fingerprint density at radius 3 is 2.88 bits per heavy atom. The topological polar surface area (TPSA) is 55.2 Å². The third-order valence-corrected chi connectivity index (χ3v) is 2.68. The van der Waals surface area contributed by atoms with E-state index in [0.717, 1.165) is 12.8 Å². The van der Waals surface area contributed by atoms with E-state index >= 15 is 0 Å². The number of rotatable bonds is 6. The average Bonchev–Trinajstić information content (AvgIpc) is 2.28. The molecule has 0 saturated carbocycles. The maximum Gasteiger partial charge on any atom is 0.271 e. The molecule has 1 N–H and O–H groups in total. The zero-order valence-corrected chi connectivity index (χ0v) is 10.4. The molecule has 0 spiro atoms. The molecular weight excluding hydrogens is 240 g/mol. The molecule has 0 aliphatic heterocycles. The van der Waals surface area contributed by atoms with Crippen LogP contribution in [0.4, 0.5) is 11.4 Å². The largest absolute Gasteiger partial charge is 0.381 e. The van der Waals surface area contributed by atoms with Crippen LogP contribution < -0.4 is 5.32 Å². The number of nitro benzene ring substituents is 1. The summed E-state index contributed by atoms with van der Waals surface area (Å²) in [5.74, 6) is 0. The molecule has 1 rings (SSSR count). The number of nitrogens with one attached hydrogen (secondary N) is 1. The lowest BCUT2D eigenvalue weighted by atomic mass is 10.1. The number of hydrogen-bond donors (Lipinski definition) is 1. The molecule has 4 nitrogen and oxygen atoms in total. The third kappa shape index (κ3) is 4.07. The summed E-state index contributed by atoms with van der Waals surface area (Å²) >= 11 is 5.96. The molecule has 1 atom stereocenters. The van der Waals surface area contributed by atoms with Crippen LogP contribution in [0, 0.1) is 10.1 Å². The van der Waals surface area contributed by atoms with E-state index in [1.807, 2.05) is 13.0 Å². The molecule has 0 radical (unpaired) electrons. The Bertz CT molecular complexity index is 421. The highest BCUT2D eigenvalue weighted by atomic mass is 35.5. The lowest BCUT2D eigenvalue weighted by Crippen LogP contribution is -2.14. The van der Waals surface area contributed by atoms with Crippen molar-refractivity contribution in [3.8, 4) is 0 Å². The van der Waals surface area contributed by atoms with Crippen LogP contribution in [-0.2, 0) is 0 Å². The number of allylic oxidation sites excluding steroid dienone is 1. The highest BCUT2D eigenvalue weighted by molar-refractivity contribution is 6.33. The summed E-state index contributed by atoms with van der Waals surface area (Å²) in [7, 11) is 0. The first-order valence-corrected chi connectivity index (χ1v) is 5.73. The molecule has 0 aliphatic rings.